The van der Waals surface area contributed by atoms with Crippen LogP contribution in [0.4, 0.5) is 13.2 Å². The van der Waals surface area contributed by atoms with Crippen LogP contribution in [0.3, 0.4) is 0 Å². The largest absolute Gasteiger partial charge is 0.497 e. The van der Waals surface area contributed by atoms with Gasteiger partial charge in [0.2, 0.25) is 11.2 Å². The second-order valence-electron chi connectivity index (χ2n) is 6.80. The lowest BCUT2D eigenvalue weighted by Crippen LogP contribution is -2.15. The molecule has 5 nitrogen and oxygen atoms in total. The number of alkyl halides is 3. The second-order valence-corrected chi connectivity index (χ2v) is 6.80. The minimum absolute atomic E-state index is 0.0331. The van der Waals surface area contributed by atoms with Gasteiger partial charge in [-0.05, 0) is 42.0 Å². The fourth-order valence-electron chi connectivity index (χ4n) is 3.03. The zero-order valence-electron chi connectivity index (χ0n) is 16.8. The first-order valence-electron chi connectivity index (χ1n) is 9.52. The van der Waals surface area contributed by atoms with Gasteiger partial charge in [-0.2, -0.15) is 13.2 Å². The van der Waals surface area contributed by atoms with E-state index in [-0.39, 0.29) is 29.1 Å². The smallest absolute Gasteiger partial charge is 0.453 e. The van der Waals surface area contributed by atoms with E-state index in [2.05, 4.69) is 0 Å². The third kappa shape index (κ3) is 4.54. The highest BCUT2D eigenvalue weighted by molar-refractivity contribution is 5.79. The van der Waals surface area contributed by atoms with Gasteiger partial charge >= 0.3 is 6.18 Å². The zero-order chi connectivity index (χ0) is 22.7. The van der Waals surface area contributed by atoms with E-state index in [1.165, 1.54) is 49.6 Å². The predicted octanol–water partition coefficient (Wildman–Crippen LogP) is 6.19. The average molecular weight is 442 g/mol. The molecule has 0 aliphatic rings. The van der Waals surface area contributed by atoms with E-state index in [9.17, 15) is 18.0 Å². The lowest BCUT2D eigenvalue weighted by molar-refractivity contribution is -0.154. The van der Waals surface area contributed by atoms with E-state index in [1.807, 2.05) is 30.3 Å². The summed E-state index contributed by atoms with van der Waals surface area (Å²) < 4.78 is 62.1. The molecule has 0 aliphatic carbocycles. The topological polar surface area (TPSA) is 57.9 Å². The minimum atomic E-state index is -4.95. The molecule has 0 bridgehead atoms. The molecular weight excluding hydrogens is 425 g/mol. The molecule has 1 aromatic heterocycles. The molecule has 0 aliphatic heterocycles. The molecule has 164 valence electrons. The Morgan fingerprint density at radius 1 is 0.875 bits per heavy atom. The van der Waals surface area contributed by atoms with E-state index in [0.717, 1.165) is 5.56 Å². The first kappa shape index (κ1) is 21.3. The Hall–Kier alpha value is -3.94. The van der Waals surface area contributed by atoms with Crippen molar-refractivity contribution in [3.8, 4) is 23.0 Å². The molecule has 32 heavy (non-hydrogen) atoms. The number of hydrogen-bond acceptors (Lipinski definition) is 5. The van der Waals surface area contributed by atoms with Gasteiger partial charge in [0, 0.05) is 6.07 Å². The summed E-state index contributed by atoms with van der Waals surface area (Å²) in [6.45, 7) is 0.210. The summed E-state index contributed by atoms with van der Waals surface area (Å²) in [5.74, 6) is -1.67. The van der Waals surface area contributed by atoms with Crippen molar-refractivity contribution in [2.45, 2.75) is 12.8 Å². The summed E-state index contributed by atoms with van der Waals surface area (Å²) in [4.78, 5) is 12.9. The van der Waals surface area contributed by atoms with Crippen LogP contribution >= 0.6 is 0 Å². The van der Waals surface area contributed by atoms with E-state index in [0.29, 0.717) is 5.75 Å². The molecule has 0 saturated carbocycles. The third-order valence-electron chi connectivity index (χ3n) is 4.61. The highest BCUT2D eigenvalue weighted by Gasteiger charge is 2.40. The highest BCUT2D eigenvalue weighted by atomic mass is 19.4. The van der Waals surface area contributed by atoms with E-state index < -0.39 is 23.1 Å². The van der Waals surface area contributed by atoms with Crippen LogP contribution in [0.2, 0.25) is 0 Å². The van der Waals surface area contributed by atoms with Crippen molar-refractivity contribution < 1.29 is 31.8 Å². The van der Waals surface area contributed by atoms with Gasteiger partial charge < -0.3 is 18.6 Å². The zero-order valence-corrected chi connectivity index (χ0v) is 16.8. The van der Waals surface area contributed by atoms with Gasteiger partial charge in [-0.1, -0.05) is 30.3 Å². The number of methoxy groups -OCH3 is 1. The van der Waals surface area contributed by atoms with Crippen molar-refractivity contribution in [3.63, 3.8) is 0 Å². The fourth-order valence-corrected chi connectivity index (χ4v) is 3.03. The first-order valence-corrected chi connectivity index (χ1v) is 9.52. The van der Waals surface area contributed by atoms with Crippen LogP contribution in [0.5, 0.6) is 23.0 Å². The first-order chi connectivity index (χ1) is 15.3. The van der Waals surface area contributed by atoms with Crippen LogP contribution in [0.15, 0.2) is 82.0 Å². The monoisotopic (exact) mass is 442 g/mol. The van der Waals surface area contributed by atoms with E-state index in [4.69, 9.17) is 18.6 Å². The Morgan fingerprint density at radius 2 is 1.53 bits per heavy atom. The molecule has 0 amide bonds. The lowest BCUT2D eigenvalue weighted by atomic mass is 10.2. The predicted molar refractivity (Wildman–Crippen MR) is 111 cm³/mol. The minimum Gasteiger partial charge on any atom is -0.497 e. The van der Waals surface area contributed by atoms with Crippen LogP contribution in [-0.4, -0.2) is 7.11 Å². The van der Waals surface area contributed by atoms with Crippen LogP contribution in [0.25, 0.3) is 11.0 Å². The van der Waals surface area contributed by atoms with Crippen LogP contribution in [0.1, 0.15) is 11.3 Å². The molecular formula is C24H17F3O5. The van der Waals surface area contributed by atoms with Crippen LogP contribution in [0, 0.1) is 0 Å². The van der Waals surface area contributed by atoms with E-state index in [1.54, 1.807) is 0 Å². The quantitative estimate of drug-likeness (QED) is 0.356. The van der Waals surface area contributed by atoms with Gasteiger partial charge in [0.15, 0.2) is 0 Å². The number of benzene rings is 3. The average Bonchev–Trinajstić information content (AvgIpc) is 2.79. The normalized spacial score (nSPS) is 11.4. The van der Waals surface area contributed by atoms with Gasteiger partial charge in [-0.3, -0.25) is 4.79 Å². The SMILES string of the molecule is COc1ccc(Oc2c(C(F)(F)F)oc3cc(OCc4ccccc4)ccc3c2=O)cc1. The molecule has 0 saturated heterocycles. The van der Waals surface area contributed by atoms with Crippen molar-refractivity contribution in [2.24, 2.45) is 0 Å². The summed E-state index contributed by atoms with van der Waals surface area (Å²) in [7, 11) is 1.45. The molecule has 3 aromatic carbocycles. The van der Waals surface area contributed by atoms with E-state index >= 15 is 0 Å². The molecule has 0 atom stereocenters. The molecule has 0 unspecified atom stereocenters. The summed E-state index contributed by atoms with van der Waals surface area (Å²) in [6.07, 6.45) is -4.95. The number of fused-ring (bicyclic) bond motifs is 1. The molecule has 4 aromatic rings. The fraction of sp³-hybridized carbons (Fsp3) is 0.125. The van der Waals surface area contributed by atoms with Gasteiger partial charge in [-0.15, -0.1) is 0 Å². The Kier molecular flexibility index (Phi) is 5.77. The van der Waals surface area contributed by atoms with Crippen molar-refractivity contribution in [1.82, 2.24) is 0 Å². The number of rotatable bonds is 6. The number of halogens is 3. The maximum absolute atomic E-state index is 13.7. The van der Waals surface area contributed by atoms with Crippen LogP contribution < -0.4 is 19.6 Å². The Balaban J connectivity index is 1.71. The molecule has 0 radical (unpaired) electrons. The number of hydrogen-bond donors (Lipinski definition) is 0. The molecule has 0 N–H and O–H groups in total. The third-order valence-corrected chi connectivity index (χ3v) is 4.61. The summed E-state index contributed by atoms with van der Waals surface area (Å²) in [5, 5.41) is -0.0615. The van der Waals surface area contributed by atoms with Gasteiger partial charge in [-0.25, -0.2) is 0 Å². The summed E-state index contributed by atoms with van der Waals surface area (Å²) in [6, 6.07) is 19.1. The highest BCUT2D eigenvalue weighted by Crippen LogP contribution is 2.38. The molecule has 8 heteroatoms. The number of ether oxygens (including phenoxy) is 3. The summed E-state index contributed by atoms with van der Waals surface area (Å²) >= 11 is 0. The van der Waals surface area contributed by atoms with Gasteiger partial charge in [0.1, 0.15) is 29.4 Å². The Morgan fingerprint density at radius 3 is 2.19 bits per heavy atom. The second kappa shape index (κ2) is 8.66. The van der Waals surface area contributed by atoms with Crippen LogP contribution in [-0.2, 0) is 12.8 Å². The molecule has 1 heterocycles. The van der Waals surface area contributed by atoms with Crippen molar-refractivity contribution in [3.05, 3.63) is 94.3 Å². The van der Waals surface area contributed by atoms with Crippen molar-refractivity contribution in [2.75, 3.05) is 7.11 Å². The molecule has 0 spiro atoms. The van der Waals surface area contributed by atoms with Gasteiger partial charge in [0.05, 0.1) is 12.5 Å². The maximum atomic E-state index is 13.7. The lowest BCUT2D eigenvalue weighted by Gasteiger charge is -2.14. The molecule has 4 rings (SSSR count). The Bertz CT molecular complexity index is 1280. The van der Waals surface area contributed by atoms with Gasteiger partial charge in [0.25, 0.3) is 5.76 Å². The maximum Gasteiger partial charge on any atom is 0.453 e. The molecule has 0 fully saturated rings. The summed E-state index contributed by atoms with van der Waals surface area (Å²) in [5.41, 5.74) is -0.313. The van der Waals surface area contributed by atoms with Crippen molar-refractivity contribution in [1.29, 1.82) is 0 Å². The van der Waals surface area contributed by atoms with Crippen molar-refractivity contribution >= 4 is 11.0 Å². The standard InChI is InChI=1S/C24H17F3O5/c1-29-16-7-9-17(10-8-16)31-22-21(28)19-12-11-18(30-14-15-5-3-2-4-6-15)13-20(19)32-23(22)24(25,26)27/h2-13H,14H2,1H3. The Labute approximate surface area is 180 Å².